The largest absolute Gasteiger partial charge is 0.493 e. The lowest BCUT2D eigenvalue weighted by atomic mass is 10.1. The van der Waals surface area contributed by atoms with E-state index in [1.165, 1.54) is 19.1 Å². The third kappa shape index (κ3) is 3.69. The Bertz CT molecular complexity index is 1050. The van der Waals surface area contributed by atoms with E-state index >= 15 is 0 Å². The van der Waals surface area contributed by atoms with Gasteiger partial charge in [-0.1, -0.05) is 6.92 Å². The summed E-state index contributed by atoms with van der Waals surface area (Å²) in [5.74, 6) is -0.419. The van der Waals surface area contributed by atoms with Crippen LogP contribution in [0.2, 0.25) is 0 Å². The molecule has 1 aromatic heterocycles. The Morgan fingerprint density at radius 1 is 1.26 bits per heavy atom. The van der Waals surface area contributed by atoms with E-state index in [1.54, 1.807) is 13.8 Å². The quantitative estimate of drug-likeness (QED) is 0.481. The Labute approximate surface area is 155 Å². The number of nitro benzene ring substituents is 1. The van der Waals surface area contributed by atoms with E-state index in [2.05, 4.69) is 10.2 Å². The van der Waals surface area contributed by atoms with Crippen LogP contribution in [-0.4, -0.2) is 14.6 Å². The molecule has 0 aliphatic carbocycles. The minimum atomic E-state index is -0.610. The number of rotatable bonds is 5. The van der Waals surface area contributed by atoms with Gasteiger partial charge in [-0.05, 0) is 44.4 Å². The van der Waals surface area contributed by atoms with E-state index in [-0.39, 0.29) is 34.7 Å². The van der Waals surface area contributed by atoms with Crippen molar-refractivity contribution in [1.82, 2.24) is 4.57 Å². The highest BCUT2D eigenvalue weighted by Gasteiger charge is 2.20. The molecule has 9 heteroatoms. The van der Waals surface area contributed by atoms with Crippen LogP contribution in [0.25, 0.3) is 0 Å². The first-order valence-electron chi connectivity index (χ1n) is 8.26. The summed E-state index contributed by atoms with van der Waals surface area (Å²) in [6.07, 6.45) is 0.556. The van der Waals surface area contributed by atoms with Crippen molar-refractivity contribution in [2.24, 2.45) is 10.2 Å². The van der Waals surface area contributed by atoms with Gasteiger partial charge in [-0.15, -0.1) is 10.2 Å². The Hall–Kier alpha value is -3.54. The molecule has 1 aromatic carbocycles. The van der Waals surface area contributed by atoms with Crippen LogP contribution < -0.4 is 5.56 Å². The molecule has 0 fully saturated rings. The van der Waals surface area contributed by atoms with Crippen LogP contribution >= 0.6 is 0 Å². The molecule has 0 spiro atoms. The van der Waals surface area contributed by atoms with Gasteiger partial charge >= 0.3 is 0 Å². The van der Waals surface area contributed by atoms with Crippen LogP contribution in [0.1, 0.15) is 35.6 Å². The number of azo groups is 1. The maximum atomic E-state index is 12.6. The smallest absolute Gasteiger partial charge is 0.297 e. The second-order valence-corrected chi connectivity index (χ2v) is 6.12. The Morgan fingerprint density at radius 2 is 1.89 bits per heavy atom. The first kappa shape index (κ1) is 19.8. The minimum absolute atomic E-state index is 0.00974. The summed E-state index contributed by atoms with van der Waals surface area (Å²) in [4.78, 5) is 23.3. The molecule has 0 aliphatic rings. The lowest BCUT2D eigenvalue weighted by Crippen LogP contribution is -2.21. The summed E-state index contributed by atoms with van der Waals surface area (Å²) in [6.45, 7) is 7.02. The number of nitriles is 1. The number of aromatic nitrogens is 1. The molecule has 9 nitrogen and oxygen atoms in total. The second-order valence-electron chi connectivity index (χ2n) is 6.12. The topological polar surface area (TPSA) is 134 Å². The summed E-state index contributed by atoms with van der Waals surface area (Å²) in [6, 6.07) is 4.76. The average Bonchev–Trinajstić information content (AvgIpc) is 2.61. The molecule has 0 bridgehead atoms. The molecular formula is C18H19N5O4. The number of aryl methyl sites for hydroxylation is 2. The zero-order valence-electron chi connectivity index (χ0n) is 15.5. The van der Waals surface area contributed by atoms with Gasteiger partial charge in [0.05, 0.1) is 4.92 Å². The van der Waals surface area contributed by atoms with Gasteiger partial charge in [-0.2, -0.15) is 5.26 Å². The van der Waals surface area contributed by atoms with Crippen LogP contribution in [0.3, 0.4) is 0 Å². The molecule has 0 aliphatic heterocycles. The van der Waals surface area contributed by atoms with Crippen LogP contribution in [0.15, 0.2) is 27.2 Å². The fraction of sp³-hybridized carbons (Fsp3) is 0.333. The van der Waals surface area contributed by atoms with Crippen molar-refractivity contribution in [2.75, 3.05) is 0 Å². The molecule has 0 saturated carbocycles. The molecule has 0 radical (unpaired) electrons. The van der Waals surface area contributed by atoms with Gasteiger partial charge < -0.3 is 5.11 Å². The van der Waals surface area contributed by atoms with Crippen molar-refractivity contribution < 1.29 is 10.0 Å². The molecule has 1 N–H and O–H groups in total. The van der Waals surface area contributed by atoms with Gasteiger partial charge in [0.25, 0.3) is 11.2 Å². The maximum Gasteiger partial charge on any atom is 0.297 e. The van der Waals surface area contributed by atoms with E-state index < -0.39 is 16.4 Å². The van der Waals surface area contributed by atoms with Crippen molar-refractivity contribution in [3.63, 3.8) is 0 Å². The zero-order chi connectivity index (χ0) is 20.3. The highest BCUT2D eigenvalue weighted by Crippen LogP contribution is 2.33. The highest BCUT2D eigenvalue weighted by molar-refractivity contribution is 5.61. The zero-order valence-corrected chi connectivity index (χ0v) is 15.5. The number of aromatic hydroxyl groups is 1. The van der Waals surface area contributed by atoms with E-state index in [0.29, 0.717) is 6.42 Å². The number of nitro groups is 1. The van der Waals surface area contributed by atoms with E-state index in [4.69, 9.17) is 0 Å². The van der Waals surface area contributed by atoms with Crippen molar-refractivity contribution in [1.29, 1.82) is 5.26 Å². The van der Waals surface area contributed by atoms with E-state index in [9.17, 15) is 25.3 Å². The maximum absolute atomic E-state index is 12.6. The van der Waals surface area contributed by atoms with Gasteiger partial charge in [0.2, 0.25) is 5.88 Å². The number of hydrogen-bond acceptors (Lipinski definition) is 7. The second kappa shape index (κ2) is 7.78. The molecule has 2 aromatic rings. The van der Waals surface area contributed by atoms with Gasteiger partial charge in [0, 0.05) is 18.2 Å². The van der Waals surface area contributed by atoms with Crippen molar-refractivity contribution in [3.8, 4) is 11.9 Å². The summed E-state index contributed by atoms with van der Waals surface area (Å²) in [7, 11) is 0. The molecule has 1 heterocycles. The number of benzene rings is 1. The van der Waals surface area contributed by atoms with E-state index in [1.807, 2.05) is 13.0 Å². The fourth-order valence-corrected chi connectivity index (χ4v) is 2.60. The van der Waals surface area contributed by atoms with Gasteiger partial charge in [0.1, 0.15) is 11.6 Å². The predicted octanol–water partition coefficient (Wildman–Crippen LogP) is 4.08. The monoisotopic (exact) mass is 369 g/mol. The SMILES string of the molecule is CCCn1c(O)c(C#N)c(C)c(N=Nc2cc(C)c(C)cc2[N+](=O)[O-])c1=O. The molecule has 0 atom stereocenters. The summed E-state index contributed by atoms with van der Waals surface area (Å²) in [5, 5.41) is 38.5. The fourth-order valence-electron chi connectivity index (χ4n) is 2.60. The number of nitrogens with zero attached hydrogens (tertiary/aromatic N) is 5. The lowest BCUT2D eigenvalue weighted by molar-refractivity contribution is -0.384. The molecule has 2 rings (SSSR count). The highest BCUT2D eigenvalue weighted by atomic mass is 16.6. The molecule has 0 unspecified atom stereocenters. The first-order chi connectivity index (χ1) is 12.7. The Balaban J connectivity index is 2.70. The summed E-state index contributed by atoms with van der Waals surface area (Å²) >= 11 is 0. The Morgan fingerprint density at radius 3 is 2.44 bits per heavy atom. The lowest BCUT2D eigenvalue weighted by Gasteiger charge is -2.11. The predicted molar refractivity (Wildman–Crippen MR) is 98.9 cm³/mol. The molecule has 27 heavy (non-hydrogen) atoms. The van der Waals surface area contributed by atoms with Gasteiger partial charge in [-0.3, -0.25) is 19.5 Å². The molecule has 0 saturated heterocycles. The third-order valence-corrected chi connectivity index (χ3v) is 4.26. The average molecular weight is 369 g/mol. The number of pyridine rings is 1. The third-order valence-electron chi connectivity index (χ3n) is 4.26. The Kier molecular flexibility index (Phi) is 5.70. The van der Waals surface area contributed by atoms with Crippen molar-refractivity contribution >= 4 is 17.1 Å². The van der Waals surface area contributed by atoms with Gasteiger partial charge in [0.15, 0.2) is 11.4 Å². The standard InChI is InChI=1S/C18H19N5O4/c1-5-6-22-17(24)13(9-19)12(4)16(18(22)25)21-20-14-7-10(2)11(3)8-15(14)23(26)27/h7-8,24H,5-6H2,1-4H3. The van der Waals surface area contributed by atoms with Crippen molar-refractivity contribution in [3.05, 3.63) is 54.9 Å². The summed E-state index contributed by atoms with van der Waals surface area (Å²) in [5.41, 5.74) is 0.653. The molecule has 140 valence electrons. The van der Waals surface area contributed by atoms with Gasteiger partial charge in [-0.25, -0.2) is 0 Å². The van der Waals surface area contributed by atoms with E-state index in [0.717, 1.165) is 15.7 Å². The summed E-state index contributed by atoms with van der Waals surface area (Å²) < 4.78 is 1.05. The van der Waals surface area contributed by atoms with Crippen LogP contribution in [0.5, 0.6) is 5.88 Å². The van der Waals surface area contributed by atoms with Crippen LogP contribution in [0.4, 0.5) is 17.1 Å². The first-order valence-corrected chi connectivity index (χ1v) is 8.26. The van der Waals surface area contributed by atoms with Crippen LogP contribution in [0, 0.1) is 42.2 Å². The van der Waals surface area contributed by atoms with Crippen LogP contribution in [-0.2, 0) is 6.54 Å². The minimum Gasteiger partial charge on any atom is -0.493 e. The molecular weight excluding hydrogens is 350 g/mol. The molecule has 0 amide bonds. The number of hydrogen-bond donors (Lipinski definition) is 1. The van der Waals surface area contributed by atoms with Crippen molar-refractivity contribution in [2.45, 2.75) is 40.7 Å². The normalized spacial score (nSPS) is 10.9.